The molecule has 0 spiro atoms. The van der Waals surface area contributed by atoms with Gasteiger partial charge in [-0.05, 0) is 26.0 Å². The fourth-order valence-corrected chi connectivity index (χ4v) is 1.72. The standard InChI is InChI=1S/C14H15ClN4O/c1-9(2)18-13(20)10-7-16-14(17-8-10)19-12-6-4-3-5-11(12)15/h3-9H,1-2H3,(H,18,20)(H,16,17,19). The average Bonchev–Trinajstić information content (AvgIpc) is 2.41. The summed E-state index contributed by atoms with van der Waals surface area (Å²) in [6.45, 7) is 3.79. The molecule has 2 aromatic rings. The minimum absolute atomic E-state index is 0.0726. The molecule has 0 unspecified atom stereocenters. The number of halogens is 1. The SMILES string of the molecule is CC(C)NC(=O)c1cnc(Nc2ccccc2Cl)nc1. The van der Waals surface area contributed by atoms with E-state index in [1.165, 1.54) is 12.4 Å². The van der Waals surface area contributed by atoms with Crippen LogP contribution in [0, 0.1) is 0 Å². The summed E-state index contributed by atoms with van der Waals surface area (Å²) in [7, 11) is 0. The number of aromatic nitrogens is 2. The van der Waals surface area contributed by atoms with E-state index >= 15 is 0 Å². The van der Waals surface area contributed by atoms with E-state index in [1.807, 2.05) is 32.0 Å². The number of rotatable bonds is 4. The molecule has 5 nitrogen and oxygen atoms in total. The van der Waals surface area contributed by atoms with Crippen molar-refractivity contribution in [2.75, 3.05) is 5.32 Å². The number of hydrogen-bond donors (Lipinski definition) is 2. The summed E-state index contributed by atoms with van der Waals surface area (Å²) < 4.78 is 0. The van der Waals surface area contributed by atoms with Gasteiger partial charge in [0.25, 0.3) is 5.91 Å². The predicted octanol–water partition coefficient (Wildman–Crippen LogP) is 3.01. The van der Waals surface area contributed by atoms with E-state index in [9.17, 15) is 4.79 Å². The van der Waals surface area contributed by atoms with Gasteiger partial charge in [0.1, 0.15) is 0 Å². The Kier molecular flexibility index (Phi) is 4.53. The van der Waals surface area contributed by atoms with Gasteiger partial charge in [0, 0.05) is 18.4 Å². The van der Waals surface area contributed by atoms with Crippen LogP contribution in [0.1, 0.15) is 24.2 Å². The number of para-hydroxylation sites is 1. The van der Waals surface area contributed by atoms with Gasteiger partial charge in [0.2, 0.25) is 5.95 Å². The van der Waals surface area contributed by atoms with Crippen molar-refractivity contribution in [3.8, 4) is 0 Å². The molecule has 104 valence electrons. The van der Waals surface area contributed by atoms with Crippen LogP contribution in [-0.2, 0) is 0 Å². The van der Waals surface area contributed by atoms with Crippen molar-refractivity contribution in [1.82, 2.24) is 15.3 Å². The predicted molar refractivity (Wildman–Crippen MR) is 79.4 cm³/mol. The number of carbonyl (C=O) groups is 1. The molecule has 1 aromatic heterocycles. The zero-order chi connectivity index (χ0) is 14.5. The maximum absolute atomic E-state index is 11.7. The van der Waals surface area contributed by atoms with Gasteiger partial charge >= 0.3 is 0 Å². The molecule has 0 saturated carbocycles. The van der Waals surface area contributed by atoms with Gasteiger partial charge in [-0.15, -0.1) is 0 Å². The molecule has 0 atom stereocenters. The maximum atomic E-state index is 11.7. The summed E-state index contributed by atoms with van der Waals surface area (Å²) in [5.74, 6) is 0.198. The van der Waals surface area contributed by atoms with Crippen molar-refractivity contribution in [1.29, 1.82) is 0 Å². The second-order valence-corrected chi connectivity index (χ2v) is 4.94. The van der Waals surface area contributed by atoms with Gasteiger partial charge in [-0.2, -0.15) is 0 Å². The Labute approximate surface area is 122 Å². The highest BCUT2D eigenvalue weighted by Crippen LogP contribution is 2.22. The Balaban J connectivity index is 2.09. The first-order valence-electron chi connectivity index (χ1n) is 6.20. The van der Waals surface area contributed by atoms with Gasteiger partial charge in [-0.3, -0.25) is 4.79 Å². The highest BCUT2D eigenvalue weighted by atomic mass is 35.5. The van der Waals surface area contributed by atoms with Gasteiger partial charge in [0.15, 0.2) is 0 Å². The third-order valence-corrected chi connectivity index (χ3v) is 2.78. The molecule has 1 amide bonds. The molecule has 1 heterocycles. The van der Waals surface area contributed by atoms with Crippen molar-refractivity contribution < 1.29 is 4.79 Å². The Morgan fingerprint density at radius 1 is 1.20 bits per heavy atom. The highest BCUT2D eigenvalue weighted by molar-refractivity contribution is 6.33. The van der Waals surface area contributed by atoms with Crippen LogP contribution in [0.3, 0.4) is 0 Å². The van der Waals surface area contributed by atoms with E-state index in [0.29, 0.717) is 22.2 Å². The topological polar surface area (TPSA) is 66.9 Å². The lowest BCUT2D eigenvalue weighted by atomic mass is 10.3. The minimum atomic E-state index is -0.190. The van der Waals surface area contributed by atoms with Gasteiger partial charge in [-0.25, -0.2) is 9.97 Å². The molecular formula is C14H15ClN4O. The summed E-state index contributed by atoms with van der Waals surface area (Å²) in [5, 5.41) is 6.35. The normalized spacial score (nSPS) is 10.4. The Morgan fingerprint density at radius 3 is 2.45 bits per heavy atom. The van der Waals surface area contributed by atoms with Crippen LogP contribution in [0.25, 0.3) is 0 Å². The summed E-state index contributed by atoms with van der Waals surface area (Å²) in [6, 6.07) is 7.37. The van der Waals surface area contributed by atoms with Crippen LogP contribution in [0.15, 0.2) is 36.7 Å². The molecule has 0 aliphatic carbocycles. The molecule has 20 heavy (non-hydrogen) atoms. The van der Waals surface area contributed by atoms with Gasteiger partial charge < -0.3 is 10.6 Å². The second kappa shape index (κ2) is 6.34. The summed E-state index contributed by atoms with van der Waals surface area (Å²) >= 11 is 6.03. The molecule has 1 aromatic carbocycles. The number of carbonyl (C=O) groups excluding carboxylic acids is 1. The van der Waals surface area contributed by atoms with Crippen LogP contribution < -0.4 is 10.6 Å². The lowest BCUT2D eigenvalue weighted by Crippen LogP contribution is -2.30. The monoisotopic (exact) mass is 290 g/mol. The lowest BCUT2D eigenvalue weighted by Gasteiger charge is -2.09. The van der Waals surface area contributed by atoms with Crippen molar-refractivity contribution >= 4 is 29.1 Å². The number of hydrogen-bond acceptors (Lipinski definition) is 4. The first-order valence-corrected chi connectivity index (χ1v) is 6.58. The Bertz CT molecular complexity index is 598. The van der Waals surface area contributed by atoms with Crippen molar-refractivity contribution in [3.05, 3.63) is 47.2 Å². The van der Waals surface area contributed by atoms with Crippen LogP contribution in [-0.4, -0.2) is 21.9 Å². The number of nitrogens with one attached hydrogen (secondary N) is 2. The van der Waals surface area contributed by atoms with Crippen LogP contribution in [0.5, 0.6) is 0 Å². The number of benzene rings is 1. The first kappa shape index (κ1) is 14.3. The minimum Gasteiger partial charge on any atom is -0.350 e. The van der Waals surface area contributed by atoms with Crippen molar-refractivity contribution in [2.45, 2.75) is 19.9 Å². The molecule has 0 aliphatic rings. The van der Waals surface area contributed by atoms with E-state index in [-0.39, 0.29) is 11.9 Å². The maximum Gasteiger partial charge on any atom is 0.254 e. The third kappa shape index (κ3) is 3.68. The second-order valence-electron chi connectivity index (χ2n) is 4.53. The quantitative estimate of drug-likeness (QED) is 0.908. The van der Waals surface area contributed by atoms with E-state index in [2.05, 4.69) is 20.6 Å². The average molecular weight is 291 g/mol. The summed E-state index contributed by atoms with van der Waals surface area (Å²) in [6.07, 6.45) is 2.95. The van der Waals surface area contributed by atoms with E-state index < -0.39 is 0 Å². The Morgan fingerprint density at radius 2 is 1.85 bits per heavy atom. The lowest BCUT2D eigenvalue weighted by molar-refractivity contribution is 0.0942. The molecule has 0 fully saturated rings. The van der Waals surface area contributed by atoms with Crippen LogP contribution in [0.2, 0.25) is 5.02 Å². The van der Waals surface area contributed by atoms with E-state index in [4.69, 9.17) is 11.6 Å². The molecule has 0 bridgehead atoms. The summed E-state index contributed by atoms with van der Waals surface area (Å²) in [4.78, 5) is 19.9. The number of anilines is 2. The fraction of sp³-hybridized carbons (Fsp3) is 0.214. The number of nitrogens with zero attached hydrogens (tertiary/aromatic N) is 2. The molecule has 6 heteroatoms. The zero-order valence-electron chi connectivity index (χ0n) is 11.2. The molecule has 2 N–H and O–H groups in total. The van der Waals surface area contributed by atoms with Gasteiger partial charge in [0.05, 0.1) is 16.3 Å². The fourth-order valence-electron chi connectivity index (χ4n) is 1.54. The highest BCUT2D eigenvalue weighted by Gasteiger charge is 2.08. The van der Waals surface area contributed by atoms with E-state index in [1.54, 1.807) is 6.07 Å². The van der Waals surface area contributed by atoms with Crippen LogP contribution in [0.4, 0.5) is 11.6 Å². The smallest absolute Gasteiger partial charge is 0.254 e. The number of amides is 1. The summed E-state index contributed by atoms with van der Waals surface area (Å²) in [5.41, 5.74) is 1.14. The molecular weight excluding hydrogens is 276 g/mol. The molecule has 0 radical (unpaired) electrons. The molecule has 2 rings (SSSR count). The largest absolute Gasteiger partial charge is 0.350 e. The van der Waals surface area contributed by atoms with Gasteiger partial charge in [-0.1, -0.05) is 23.7 Å². The molecule has 0 saturated heterocycles. The van der Waals surface area contributed by atoms with Crippen molar-refractivity contribution in [2.24, 2.45) is 0 Å². The zero-order valence-corrected chi connectivity index (χ0v) is 12.0. The van der Waals surface area contributed by atoms with Crippen molar-refractivity contribution in [3.63, 3.8) is 0 Å². The Hall–Kier alpha value is -2.14. The van der Waals surface area contributed by atoms with Crippen LogP contribution >= 0.6 is 11.6 Å². The first-order chi connectivity index (χ1) is 9.56. The third-order valence-electron chi connectivity index (χ3n) is 2.45. The molecule has 0 aliphatic heterocycles. The van der Waals surface area contributed by atoms with E-state index in [0.717, 1.165) is 0 Å².